The van der Waals surface area contributed by atoms with Crippen LogP contribution in [0.25, 0.3) is 0 Å². The van der Waals surface area contributed by atoms with E-state index in [-0.39, 0.29) is 17.9 Å². The Morgan fingerprint density at radius 2 is 1.77 bits per heavy atom. The second-order valence-electron chi connectivity index (χ2n) is 7.85. The fourth-order valence-corrected chi connectivity index (χ4v) is 4.09. The molecule has 0 spiro atoms. The molecular formula is C25H33ClN2O2S. The molecule has 2 atom stereocenters. The molecule has 0 aliphatic heterocycles. The first-order valence-electron chi connectivity index (χ1n) is 10.8. The lowest BCUT2D eigenvalue weighted by atomic mass is 10.1. The normalized spacial score (nSPS) is 12.8. The van der Waals surface area contributed by atoms with E-state index in [9.17, 15) is 9.59 Å². The Morgan fingerprint density at radius 1 is 1.10 bits per heavy atom. The average Bonchev–Trinajstić information content (AvgIpc) is 2.76. The number of carbonyl (C=O) groups is 2. The SMILES string of the molecule is CC[C@H](C)NC(=O)[C@@H](C)N(Cc1ccccc1C)C(=O)CCCSc1ccc(Cl)cc1. The summed E-state index contributed by atoms with van der Waals surface area (Å²) in [4.78, 5) is 28.7. The van der Waals surface area contributed by atoms with Crippen LogP contribution < -0.4 is 5.32 Å². The van der Waals surface area contributed by atoms with Crippen LogP contribution in [0.15, 0.2) is 53.4 Å². The van der Waals surface area contributed by atoms with Crippen molar-refractivity contribution in [3.63, 3.8) is 0 Å². The molecule has 0 heterocycles. The van der Waals surface area contributed by atoms with Gasteiger partial charge in [-0.2, -0.15) is 0 Å². The molecule has 0 fully saturated rings. The van der Waals surface area contributed by atoms with Gasteiger partial charge in [0, 0.05) is 28.9 Å². The molecule has 0 saturated heterocycles. The van der Waals surface area contributed by atoms with Crippen LogP contribution in [0.2, 0.25) is 5.02 Å². The van der Waals surface area contributed by atoms with E-state index in [1.54, 1.807) is 16.7 Å². The zero-order valence-corrected chi connectivity index (χ0v) is 20.4. The van der Waals surface area contributed by atoms with Gasteiger partial charge < -0.3 is 10.2 Å². The van der Waals surface area contributed by atoms with Crippen LogP contribution in [-0.2, 0) is 16.1 Å². The first kappa shape index (κ1) is 25.3. The summed E-state index contributed by atoms with van der Waals surface area (Å²) in [5.74, 6) is 0.734. The maximum atomic E-state index is 13.1. The number of nitrogens with one attached hydrogen (secondary N) is 1. The smallest absolute Gasteiger partial charge is 0.242 e. The Morgan fingerprint density at radius 3 is 2.42 bits per heavy atom. The van der Waals surface area contributed by atoms with Crippen molar-refractivity contribution in [3.8, 4) is 0 Å². The third kappa shape index (κ3) is 8.23. The number of halogens is 1. The fourth-order valence-electron chi connectivity index (χ4n) is 3.11. The van der Waals surface area contributed by atoms with Gasteiger partial charge in [0.2, 0.25) is 11.8 Å². The molecule has 168 valence electrons. The van der Waals surface area contributed by atoms with Crippen molar-refractivity contribution in [2.45, 2.75) is 70.5 Å². The zero-order valence-electron chi connectivity index (χ0n) is 18.9. The largest absolute Gasteiger partial charge is 0.352 e. The minimum Gasteiger partial charge on any atom is -0.352 e. The van der Waals surface area contributed by atoms with Crippen molar-refractivity contribution < 1.29 is 9.59 Å². The third-order valence-corrected chi connectivity index (χ3v) is 6.74. The van der Waals surface area contributed by atoms with Gasteiger partial charge in [0.15, 0.2) is 0 Å². The molecule has 2 rings (SSSR count). The summed E-state index contributed by atoms with van der Waals surface area (Å²) >= 11 is 7.64. The van der Waals surface area contributed by atoms with Crippen LogP contribution in [0.3, 0.4) is 0 Å². The van der Waals surface area contributed by atoms with Gasteiger partial charge in [0.05, 0.1) is 0 Å². The number of rotatable bonds is 11. The molecule has 0 saturated carbocycles. The van der Waals surface area contributed by atoms with Gasteiger partial charge in [-0.15, -0.1) is 11.8 Å². The number of amides is 2. The van der Waals surface area contributed by atoms with Gasteiger partial charge in [0.1, 0.15) is 6.04 Å². The molecule has 0 aliphatic rings. The second kappa shape index (κ2) is 12.8. The summed E-state index contributed by atoms with van der Waals surface area (Å²) < 4.78 is 0. The third-order valence-electron chi connectivity index (χ3n) is 5.39. The summed E-state index contributed by atoms with van der Waals surface area (Å²) in [5.41, 5.74) is 2.18. The number of nitrogens with zero attached hydrogens (tertiary/aromatic N) is 1. The Kier molecular flexibility index (Phi) is 10.4. The monoisotopic (exact) mass is 460 g/mol. The molecule has 0 aliphatic carbocycles. The highest BCUT2D eigenvalue weighted by molar-refractivity contribution is 7.99. The van der Waals surface area contributed by atoms with E-state index in [0.29, 0.717) is 13.0 Å². The number of aryl methyl sites for hydroxylation is 1. The van der Waals surface area contributed by atoms with Gasteiger partial charge in [-0.3, -0.25) is 9.59 Å². The van der Waals surface area contributed by atoms with E-state index in [4.69, 9.17) is 11.6 Å². The lowest BCUT2D eigenvalue weighted by Gasteiger charge is -2.30. The standard InChI is InChI=1S/C25H33ClN2O2S/c1-5-19(3)27-25(30)20(4)28(17-21-10-7-6-9-18(21)2)24(29)11-8-16-31-23-14-12-22(26)13-15-23/h6-7,9-10,12-15,19-20H,5,8,11,16-17H2,1-4H3,(H,27,30)/t19-,20+/m0/s1. The highest BCUT2D eigenvalue weighted by Gasteiger charge is 2.26. The average molecular weight is 461 g/mol. The van der Waals surface area contributed by atoms with E-state index >= 15 is 0 Å². The lowest BCUT2D eigenvalue weighted by molar-refractivity contribution is -0.140. The highest BCUT2D eigenvalue weighted by Crippen LogP contribution is 2.22. The Bertz CT molecular complexity index is 857. The van der Waals surface area contributed by atoms with E-state index in [2.05, 4.69) is 5.32 Å². The van der Waals surface area contributed by atoms with Crippen LogP contribution in [0, 0.1) is 6.92 Å². The van der Waals surface area contributed by atoms with Crippen molar-refractivity contribution in [2.24, 2.45) is 0 Å². The van der Waals surface area contributed by atoms with Gasteiger partial charge in [-0.1, -0.05) is 42.8 Å². The number of thioether (sulfide) groups is 1. The number of carbonyl (C=O) groups excluding carboxylic acids is 2. The molecule has 0 bridgehead atoms. The first-order chi connectivity index (χ1) is 14.8. The molecule has 2 aromatic rings. The Hall–Kier alpha value is -1.98. The molecule has 2 aromatic carbocycles. The Balaban J connectivity index is 2.01. The van der Waals surface area contributed by atoms with Gasteiger partial charge in [-0.25, -0.2) is 0 Å². The van der Waals surface area contributed by atoms with Crippen LogP contribution in [-0.4, -0.2) is 34.6 Å². The molecule has 2 amide bonds. The van der Waals surface area contributed by atoms with Crippen LogP contribution >= 0.6 is 23.4 Å². The fraction of sp³-hybridized carbons (Fsp3) is 0.440. The van der Waals surface area contributed by atoms with Crippen molar-refractivity contribution in [2.75, 3.05) is 5.75 Å². The molecule has 0 unspecified atom stereocenters. The predicted octanol–water partition coefficient (Wildman–Crippen LogP) is 5.85. The summed E-state index contributed by atoms with van der Waals surface area (Å²) in [5, 5.41) is 3.73. The van der Waals surface area contributed by atoms with Crippen LogP contribution in [0.4, 0.5) is 0 Å². The topological polar surface area (TPSA) is 49.4 Å². The second-order valence-corrected chi connectivity index (χ2v) is 9.45. The van der Waals surface area contributed by atoms with Crippen LogP contribution in [0.1, 0.15) is 51.2 Å². The van der Waals surface area contributed by atoms with Crippen molar-refractivity contribution in [1.29, 1.82) is 0 Å². The van der Waals surface area contributed by atoms with E-state index in [0.717, 1.165) is 39.6 Å². The van der Waals surface area contributed by atoms with Gasteiger partial charge >= 0.3 is 0 Å². The molecule has 1 N–H and O–H groups in total. The first-order valence-corrected chi connectivity index (χ1v) is 12.2. The number of hydrogen-bond acceptors (Lipinski definition) is 3. The predicted molar refractivity (Wildman–Crippen MR) is 130 cm³/mol. The van der Waals surface area contributed by atoms with E-state index < -0.39 is 6.04 Å². The maximum Gasteiger partial charge on any atom is 0.242 e. The summed E-state index contributed by atoms with van der Waals surface area (Å²) in [6.07, 6.45) is 2.01. The summed E-state index contributed by atoms with van der Waals surface area (Å²) in [6.45, 7) is 8.29. The van der Waals surface area contributed by atoms with E-state index in [1.165, 1.54) is 0 Å². The van der Waals surface area contributed by atoms with Crippen molar-refractivity contribution in [3.05, 3.63) is 64.7 Å². The Labute approximate surface area is 195 Å². The molecule has 31 heavy (non-hydrogen) atoms. The van der Waals surface area contributed by atoms with Crippen molar-refractivity contribution >= 4 is 35.2 Å². The summed E-state index contributed by atoms with van der Waals surface area (Å²) in [7, 11) is 0. The lowest BCUT2D eigenvalue weighted by Crippen LogP contribution is -2.49. The molecule has 6 heteroatoms. The number of benzene rings is 2. The zero-order chi connectivity index (χ0) is 22.8. The highest BCUT2D eigenvalue weighted by atomic mass is 35.5. The number of hydrogen-bond donors (Lipinski definition) is 1. The van der Waals surface area contributed by atoms with Crippen LogP contribution in [0.5, 0.6) is 0 Å². The molecule has 0 aromatic heterocycles. The van der Waals surface area contributed by atoms with Gasteiger partial charge in [-0.05, 0) is 74.8 Å². The molecular weight excluding hydrogens is 428 g/mol. The minimum absolute atomic E-state index is 0.00626. The van der Waals surface area contributed by atoms with Gasteiger partial charge in [0.25, 0.3) is 0 Å². The summed E-state index contributed by atoms with van der Waals surface area (Å²) in [6, 6.07) is 15.3. The van der Waals surface area contributed by atoms with Crippen molar-refractivity contribution in [1.82, 2.24) is 10.2 Å². The molecule has 0 radical (unpaired) electrons. The minimum atomic E-state index is -0.523. The molecule has 4 nitrogen and oxygen atoms in total. The maximum absolute atomic E-state index is 13.1. The van der Waals surface area contributed by atoms with E-state index in [1.807, 2.05) is 76.2 Å². The quantitative estimate of drug-likeness (QED) is 0.338.